The van der Waals surface area contributed by atoms with Crippen molar-refractivity contribution in [2.75, 3.05) is 0 Å². The quantitative estimate of drug-likeness (QED) is 0.554. The monoisotopic (exact) mass is 452 g/mol. The number of rotatable bonds is 2. The van der Waals surface area contributed by atoms with Crippen molar-refractivity contribution in [2.24, 2.45) is 0 Å². The molecule has 6 heteroatoms. The fourth-order valence-electron chi connectivity index (χ4n) is 4.90. The van der Waals surface area contributed by atoms with Crippen LogP contribution in [0, 0.1) is 0 Å². The predicted octanol–water partition coefficient (Wildman–Crippen LogP) is 4.91. The van der Waals surface area contributed by atoms with Crippen LogP contribution in [0.15, 0.2) is 70.5 Å². The first-order valence-electron chi connectivity index (χ1n) is 10.1. The highest BCUT2D eigenvalue weighted by molar-refractivity contribution is 7.98. The van der Waals surface area contributed by atoms with E-state index in [1.165, 1.54) is 11.1 Å². The summed E-state index contributed by atoms with van der Waals surface area (Å²) in [7, 11) is -4.61. The largest absolute Gasteiger partial charge is 0.254 e. The number of hydrogen-bond acceptors (Lipinski definition) is 4. The Hall–Kier alpha value is -1.89. The van der Waals surface area contributed by atoms with Crippen LogP contribution in [0.4, 0.5) is 0 Å². The highest BCUT2D eigenvalue weighted by Gasteiger charge is 2.40. The first-order chi connectivity index (χ1) is 14.5. The van der Waals surface area contributed by atoms with E-state index >= 15 is 0 Å². The molecule has 0 fully saturated rings. The van der Waals surface area contributed by atoms with Gasteiger partial charge in [0, 0.05) is 16.4 Å². The molecule has 0 saturated heterocycles. The van der Waals surface area contributed by atoms with Crippen LogP contribution in [0.25, 0.3) is 0 Å². The molecule has 3 aromatic rings. The van der Waals surface area contributed by atoms with E-state index in [1.807, 2.05) is 54.2 Å². The number of hydrogen-bond donors (Lipinski definition) is 0. The second kappa shape index (κ2) is 6.81. The zero-order valence-corrected chi connectivity index (χ0v) is 18.7. The standard InChI is InChI=1S/C24H20O3S3/c25-29-21-4-2-1-3-15(21)10-22(29)16-5-6-18-12-24(30(26,27)23(18)11-16)17-7-8-19-13-28-14-20(19)9-17/h1-9,11,22,24H,10,12-14H2. The van der Waals surface area contributed by atoms with Crippen molar-refractivity contribution in [3.05, 3.63) is 94.0 Å². The molecule has 0 bridgehead atoms. The lowest BCUT2D eigenvalue weighted by Crippen LogP contribution is -2.09. The predicted molar refractivity (Wildman–Crippen MR) is 121 cm³/mol. The Morgan fingerprint density at radius 2 is 1.57 bits per heavy atom. The van der Waals surface area contributed by atoms with Gasteiger partial charge in [-0.25, -0.2) is 8.42 Å². The molecular weight excluding hydrogens is 432 g/mol. The summed E-state index contributed by atoms with van der Waals surface area (Å²) >= 11 is 1.87. The molecule has 0 amide bonds. The summed E-state index contributed by atoms with van der Waals surface area (Å²) in [4.78, 5) is 1.30. The van der Waals surface area contributed by atoms with E-state index in [1.54, 1.807) is 6.07 Å². The number of benzene rings is 3. The van der Waals surface area contributed by atoms with E-state index in [4.69, 9.17) is 0 Å². The van der Waals surface area contributed by atoms with Gasteiger partial charge in [0.2, 0.25) is 0 Å². The van der Waals surface area contributed by atoms with Gasteiger partial charge in [-0.3, -0.25) is 4.21 Å². The molecule has 6 rings (SSSR count). The zero-order chi connectivity index (χ0) is 20.5. The first-order valence-corrected chi connectivity index (χ1v) is 14.0. The van der Waals surface area contributed by atoms with Gasteiger partial charge in [-0.15, -0.1) is 0 Å². The summed E-state index contributed by atoms with van der Waals surface area (Å²) in [6.45, 7) is 0. The van der Waals surface area contributed by atoms with Crippen LogP contribution in [0.2, 0.25) is 0 Å². The van der Waals surface area contributed by atoms with Gasteiger partial charge in [-0.2, -0.15) is 11.8 Å². The van der Waals surface area contributed by atoms with Crippen molar-refractivity contribution >= 4 is 32.4 Å². The smallest absolute Gasteiger partial charge is 0.185 e. The van der Waals surface area contributed by atoms with Crippen LogP contribution in [0.5, 0.6) is 0 Å². The molecule has 0 radical (unpaired) electrons. The van der Waals surface area contributed by atoms with Crippen LogP contribution in [-0.4, -0.2) is 12.6 Å². The zero-order valence-electron chi connectivity index (χ0n) is 16.2. The van der Waals surface area contributed by atoms with Gasteiger partial charge in [-0.05, 0) is 58.4 Å². The Labute approximate surface area is 183 Å². The second-order valence-corrected chi connectivity index (χ2v) is 12.9. The summed E-state index contributed by atoms with van der Waals surface area (Å²) in [6, 6.07) is 19.7. The molecule has 0 N–H and O–H groups in total. The van der Waals surface area contributed by atoms with Gasteiger partial charge >= 0.3 is 0 Å². The van der Waals surface area contributed by atoms with Gasteiger partial charge in [-0.1, -0.05) is 48.5 Å². The third kappa shape index (κ3) is 2.77. The molecule has 152 valence electrons. The van der Waals surface area contributed by atoms with Gasteiger partial charge < -0.3 is 0 Å². The van der Waals surface area contributed by atoms with Crippen LogP contribution >= 0.6 is 11.8 Å². The molecule has 0 spiro atoms. The molecule has 0 aromatic heterocycles. The molecule has 3 atom stereocenters. The van der Waals surface area contributed by atoms with Crippen LogP contribution < -0.4 is 0 Å². The molecule has 0 aliphatic carbocycles. The lowest BCUT2D eigenvalue weighted by molar-refractivity contribution is 0.589. The topological polar surface area (TPSA) is 51.2 Å². The van der Waals surface area contributed by atoms with E-state index in [0.29, 0.717) is 17.7 Å². The SMILES string of the molecule is O=S1c2ccccc2CC1c1ccc2c(c1)S(=O)(=O)C(c1ccc3c(c1)CSC3)C2. The summed E-state index contributed by atoms with van der Waals surface area (Å²) < 4.78 is 40.0. The minimum absolute atomic E-state index is 0.182. The first kappa shape index (κ1) is 18.8. The van der Waals surface area contributed by atoms with Crippen LogP contribution in [0.3, 0.4) is 0 Å². The summed E-state index contributed by atoms with van der Waals surface area (Å²) in [5.41, 5.74) is 6.31. The van der Waals surface area contributed by atoms with E-state index in [0.717, 1.165) is 38.7 Å². The van der Waals surface area contributed by atoms with E-state index in [-0.39, 0.29) is 5.25 Å². The maximum atomic E-state index is 13.5. The Morgan fingerprint density at radius 3 is 2.43 bits per heavy atom. The Bertz CT molecular complexity index is 1330. The summed E-state index contributed by atoms with van der Waals surface area (Å²) in [5, 5.41) is -0.705. The molecular formula is C24H20O3S3. The summed E-state index contributed by atoms with van der Waals surface area (Å²) in [6.07, 6.45) is 1.20. The van der Waals surface area contributed by atoms with Crippen molar-refractivity contribution in [2.45, 2.75) is 44.6 Å². The van der Waals surface area contributed by atoms with E-state index in [9.17, 15) is 12.6 Å². The molecule has 30 heavy (non-hydrogen) atoms. The number of thioether (sulfide) groups is 1. The van der Waals surface area contributed by atoms with Crippen LogP contribution in [-0.2, 0) is 45.0 Å². The molecule has 0 saturated carbocycles. The maximum absolute atomic E-state index is 13.5. The normalized spacial score (nSPS) is 25.7. The Kier molecular flexibility index (Phi) is 4.28. The molecule has 3 nitrogen and oxygen atoms in total. The van der Waals surface area contributed by atoms with Crippen molar-refractivity contribution in [3.63, 3.8) is 0 Å². The Morgan fingerprint density at radius 1 is 0.800 bits per heavy atom. The van der Waals surface area contributed by atoms with Crippen LogP contribution in [0.1, 0.15) is 43.9 Å². The average molecular weight is 453 g/mol. The average Bonchev–Trinajstić information content (AvgIpc) is 3.42. The molecule has 3 heterocycles. The van der Waals surface area contributed by atoms with Crippen molar-refractivity contribution in [1.82, 2.24) is 0 Å². The number of fused-ring (bicyclic) bond motifs is 3. The lowest BCUT2D eigenvalue weighted by atomic mass is 9.98. The van der Waals surface area contributed by atoms with Gasteiger partial charge in [0.05, 0.1) is 26.2 Å². The third-order valence-electron chi connectivity index (χ3n) is 6.52. The maximum Gasteiger partial charge on any atom is 0.185 e. The van der Waals surface area contributed by atoms with Crippen molar-refractivity contribution in [1.29, 1.82) is 0 Å². The molecule has 3 aliphatic heterocycles. The minimum Gasteiger partial charge on any atom is -0.254 e. The number of sulfone groups is 1. The molecule has 3 unspecified atom stereocenters. The molecule has 3 aliphatic rings. The van der Waals surface area contributed by atoms with E-state index in [2.05, 4.69) is 12.1 Å². The fourth-order valence-corrected chi connectivity index (χ4v) is 9.67. The van der Waals surface area contributed by atoms with E-state index < -0.39 is 25.9 Å². The van der Waals surface area contributed by atoms with Gasteiger partial charge in [0.1, 0.15) is 0 Å². The van der Waals surface area contributed by atoms with Gasteiger partial charge in [0.25, 0.3) is 0 Å². The summed E-state index contributed by atoms with van der Waals surface area (Å²) in [5.74, 6) is 1.97. The third-order valence-corrected chi connectivity index (χ3v) is 11.5. The second-order valence-electron chi connectivity index (χ2n) is 8.22. The fraction of sp³-hybridized carbons (Fsp3) is 0.250. The van der Waals surface area contributed by atoms with Crippen molar-refractivity contribution < 1.29 is 12.6 Å². The highest BCUT2D eigenvalue weighted by atomic mass is 32.2. The lowest BCUT2D eigenvalue weighted by Gasteiger charge is -2.12. The van der Waals surface area contributed by atoms with Gasteiger partial charge in [0.15, 0.2) is 9.84 Å². The molecule has 3 aromatic carbocycles. The Balaban J connectivity index is 1.37. The minimum atomic E-state index is -3.46. The van der Waals surface area contributed by atoms with Crippen molar-refractivity contribution in [3.8, 4) is 0 Å². The highest BCUT2D eigenvalue weighted by Crippen LogP contribution is 2.45.